The molecule has 0 N–H and O–H groups in total. The third-order valence-electron chi connectivity index (χ3n) is 3.97. The molecule has 5 nitrogen and oxygen atoms in total. The fraction of sp³-hybridized carbons (Fsp3) is 0.235. The van der Waals surface area contributed by atoms with Gasteiger partial charge in [0, 0.05) is 18.7 Å². The average Bonchev–Trinajstić information content (AvgIpc) is 3.27. The van der Waals surface area contributed by atoms with Gasteiger partial charge in [-0.15, -0.1) is 11.3 Å². The summed E-state index contributed by atoms with van der Waals surface area (Å²) in [7, 11) is 0. The van der Waals surface area contributed by atoms with Crippen molar-refractivity contribution in [1.82, 2.24) is 10.1 Å². The van der Waals surface area contributed by atoms with E-state index in [1.807, 2.05) is 48.7 Å². The number of rotatable bonds is 3. The van der Waals surface area contributed by atoms with Gasteiger partial charge in [0.2, 0.25) is 17.6 Å². The zero-order chi connectivity index (χ0) is 15.8. The van der Waals surface area contributed by atoms with Crippen molar-refractivity contribution in [3.63, 3.8) is 0 Å². The number of aryl methyl sites for hydroxylation is 1. The topological polar surface area (TPSA) is 59.2 Å². The number of aromatic nitrogens is 2. The van der Waals surface area contributed by atoms with Crippen LogP contribution in [0.2, 0.25) is 0 Å². The van der Waals surface area contributed by atoms with Crippen LogP contribution < -0.4 is 4.90 Å². The third kappa shape index (κ3) is 2.66. The van der Waals surface area contributed by atoms with Crippen molar-refractivity contribution in [2.75, 3.05) is 11.4 Å². The minimum Gasteiger partial charge on any atom is -0.339 e. The number of hydrogen-bond donors (Lipinski definition) is 0. The molecule has 1 aliphatic rings. The number of anilines is 1. The highest BCUT2D eigenvalue weighted by Crippen LogP contribution is 2.32. The van der Waals surface area contributed by atoms with E-state index in [0.717, 1.165) is 16.1 Å². The van der Waals surface area contributed by atoms with E-state index in [1.54, 1.807) is 16.2 Å². The Bertz CT molecular complexity index is 841. The summed E-state index contributed by atoms with van der Waals surface area (Å²) in [6.45, 7) is 2.60. The summed E-state index contributed by atoms with van der Waals surface area (Å²) >= 11 is 1.57. The van der Waals surface area contributed by atoms with E-state index in [1.165, 1.54) is 0 Å². The van der Waals surface area contributed by atoms with Crippen molar-refractivity contribution in [1.29, 1.82) is 0 Å². The summed E-state index contributed by atoms with van der Waals surface area (Å²) in [5, 5.41) is 6.01. The summed E-state index contributed by atoms with van der Waals surface area (Å²) in [6, 6.07) is 11.9. The molecule has 1 saturated heterocycles. The van der Waals surface area contributed by atoms with Crippen LogP contribution in [0.4, 0.5) is 5.69 Å². The zero-order valence-electron chi connectivity index (χ0n) is 12.6. The Hall–Kier alpha value is -2.47. The summed E-state index contributed by atoms with van der Waals surface area (Å²) in [5.74, 6) is 1.18. The first-order chi connectivity index (χ1) is 11.2. The fourth-order valence-corrected chi connectivity index (χ4v) is 3.47. The van der Waals surface area contributed by atoms with Gasteiger partial charge in [0.25, 0.3) is 0 Å². The van der Waals surface area contributed by atoms with Crippen LogP contribution in [0.5, 0.6) is 0 Å². The quantitative estimate of drug-likeness (QED) is 0.738. The zero-order valence-corrected chi connectivity index (χ0v) is 13.4. The molecule has 0 radical (unpaired) electrons. The predicted molar refractivity (Wildman–Crippen MR) is 88.5 cm³/mol. The van der Waals surface area contributed by atoms with Gasteiger partial charge in [-0.05, 0) is 36.1 Å². The van der Waals surface area contributed by atoms with Crippen LogP contribution in [0.25, 0.3) is 10.7 Å². The molecule has 1 amide bonds. The first-order valence-corrected chi connectivity index (χ1v) is 8.33. The van der Waals surface area contributed by atoms with Crippen LogP contribution in [0.1, 0.15) is 23.8 Å². The Balaban J connectivity index is 1.57. The minimum atomic E-state index is -0.0516. The molecule has 1 fully saturated rings. The normalized spacial score (nSPS) is 17.9. The second-order valence-corrected chi connectivity index (χ2v) is 6.63. The number of nitrogens with zero attached hydrogens (tertiary/aromatic N) is 3. The summed E-state index contributed by atoms with van der Waals surface area (Å²) < 4.78 is 5.40. The van der Waals surface area contributed by atoms with Gasteiger partial charge >= 0.3 is 0 Å². The Labute approximate surface area is 137 Å². The van der Waals surface area contributed by atoms with Crippen molar-refractivity contribution >= 4 is 22.9 Å². The van der Waals surface area contributed by atoms with Crippen molar-refractivity contribution in [2.45, 2.75) is 19.3 Å². The molecule has 1 aliphatic heterocycles. The van der Waals surface area contributed by atoms with Gasteiger partial charge in [-0.3, -0.25) is 4.79 Å². The molecular weight excluding hydrogens is 310 g/mol. The Kier molecular flexibility index (Phi) is 3.46. The molecule has 23 heavy (non-hydrogen) atoms. The van der Waals surface area contributed by atoms with Gasteiger partial charge in [-0.2, -0.15) is 4.98 Å². The molecule has 116 valence electrons. The lowest BCUT2D eigenvalue weighted by Gasteiger charge is -2.16. The molecule has 1 aromatic carbocycles. The van der Waals surface area contributed by atoms with Crippen LogP contribution in [-0.2, 0) is 4.79 Å². The van der Waals surface area contributed by atoms with Gasteiger partial charge in [0.1, 0.15) is 0 Å². The highest BCUT2D eigenvalue weighted by Gasteiger charge is 2.35. The molecule has 1 unspecified atom stereocenters. The van der Waals surface area contributed by atoms with Crippen molar-refractivity contribution in [3.8, 4) is 10.7 Å². The molecule has 0 aliphatic carbocycles. The average molecular weight is 325 g/mol. The number of benzene rings is 1. The van der Waals surface area contributed by atoms with E-state index in [2.05, 4.69) is 10.1 Å². The van der Waals surface area contributed by atoms with Gasteiger partial charge in [0.15, 0.2) is 0 Å². The molecule has 3 heterocycles. The number of carbonyl (C=O) groups excluding carboxylic acids is 1. The van der Waals surface area contributed by atoms with Gasteiger partial charge in [-0.25, -0.2) is 0 Å². The number of carbonyl (C=O) groups is 1. The maximum atomic E-state index is 12.3. The standard InChI is InChI=1S/C17H15N3O2S/c1-11-4-2-5-13(8-11)20-10-12(9-15(20)21)17-18-16(19-22-17)14-6-3-7-23-14/h2-8,12H,9-10H2,1H3. The second-order valence-electron chi connectivity index (χ2n) is 5.68. The Morgan fingerprint density at radius 2 is 2.22 bits per heavy atom. The van der Waals surface area contributed by atoms with E-state index >= 15 is 0 Å². The van der Waals surface area contributed by atoms with Crippen molar-refractivity contribution in [2.24, 2.45) is 0 Å². The first-order valence-electron chi connectivity index (χ1n) is 7.45. The summed E-state index contributed by atoms with van der Waals surface area (Å²) in [4.78, 5) is 19.6. The summed E-state index contributed by atoms with van der Waals surface area (Å²) in [5.41, 5.74) is 2.06. The molecule has 0 bridgehead atoms. The van der Waals surface area contributed by atoms with Crippen molar-refractivity contribution < 1.29 is 9.32 Å². The smallest absolute Gasteiger partial charge is 0.232 e. The molecule has 4 rings (SSSR count). The number of hydrogen-bond acceptors (Lipinski definition) is 5. The third-order valence-corrected chi connectivity index (χ3v) is 4.84. The number of thiophene rings is 1. The lowest BCUT2D eigenvalue weighted by Crippen LogP contribution is -2.24. The Morgan fingerprint density at radius 3 is 3.00 bits per heavy atom. The lowest BCUT2D eigenvalue weighted by molar-refractivity contribution is -0.117. The van der Waals surface area contributed by atoms with E-state index in [4.69, 9.17) is 4.52 Å². The highest BCUT2D eigenvalue weighted by atomic mass is 32.1. The molecule has 2 aromatic heterocycles. The van der Waals surface area contributed by atoms with Crippen LogP contribution in [0.15, 0.2) is 46.3 Å². The fourth-order valence-electron chi connectivity index (χ4n) is 2.83. The minimum absolute atomic E-state index is 0.0516. The molecule has 1 atom stereocenters. The summed E-state index contributed by atoms with van der Waals surface area (Å²) in [6.07, 6.45) is 0.403. The highest BCUT2D eigenvalue weighted by molar-refractivity contribution is 7.13. The maximum Gasteiger partial charge on any atom is 0.232 e. The van der Waals surface area contributed by atoms with Gasteiger partial charge < -0.3 is 9.42 Å². The van der Waals surface area contributed by atoms with E-state index in [9.17, 15) is 4.79 Å². The van der Waals surface area contributed by atoms with Crippen molar-refractivity contribution in [3.05, 3.63) is 53.2 Å². The van der Waals surface area contributed by atoms with E-state index in [-0.39, 0.29) is 11.8 Å². The SMILES string of the molecule is Cc1cccc(N2CC(c3nc(-c4cccs4)no3)CC2=O)c1. The van der Waals surface area contributed by atoms with E-state index in [0.29, 0.717) is 24.7 Å². The van der Waals surface area contributed by atoms with Gasteiger partial charge in [-0.1, -0.05) is 23.4 Å². The van der Waals surface area contributed by atoms with Crippen LogP contribution >= 0.6 is 11.3 Å². The second kappa shape index (κ2) is 5.62. The lowest BCUT2D eigenvalue weighted by atomic mass is 10.1. The molecule has 6 heteroatoms. The monoisotopic (exact) mass is 325 g/mol. The van der Waals surface area contributed by atoms with Gasteiger partial charge in [0.05, 0.1) is 10.8 Å². The predicted octanol–water partition coefficient (Wildman–Crippen LogP) is 3.63. The molecule has 0 saturated carbocycles. The molecule has 3 aromatic rings. The Morgan fingerprint density at radius 1 is 1.30 bits per heavy atom. The van der Waals surface area contributed by atoms with Crippen LogP contribution in [0.3, 0.4) is 0 Å². The molecule has 0 spiro atoms. The van der Waals surface area contributed by atoms with Crippen LogP contribution in [0, 0.1) is 6.92 Å². The maximum absolute atomic E-state index is 12.3. The number of amides is 1. The molecular formula is C17H15N3O2S. The first kappa shape index (κ1) is 14.1. The largest absolute Gasteiger partial charge is 0.339 e. The van der Waals surface area contributed by atoms with E-state index < -0.39 is 0 Å². The van der Waals surface area contributed by atoms with Crippen LogP contribution in [-0.4, -0.2) is 22.6 Å².